The molecule has 0 saturated carbocycles. The minimum Gasteiger partial charge on any atom is -0.370 e. The fraction of sp³-hybridized carbons (Fsp3) is 0.375. The van der Waals surface area contributed by atoms with Crippen LogP contribution < -0.4 is 5.32 Å². The molecule has 0 aliphatic rings. The summed E-state index contributed by atoms with van der Waals surface area (Å²) in [5, 5.41) is 4.35. The molecule has 106 valence electrons. The number of nitrogens with one attached hydrogen (secondary N) is 1. The topological polar surface area (TPSA) is 37.8 Å². The first-order valence-corrected chi connectivity index (χ1v) is 7.86. The zero-order chi connectivity index (χ0) is 14.4. The minimum absolute atomic E-state index is 0.327. The Bertz CT molecular complexity index is 541. The Balaban J connectivity index is 2.24. The van der Waals surface area contributed by atoms with E-state index in [-0.39, 0.29) is 0 Å². The van der Waals surface area contributed by atoms with Crippen LogP contribution in [0.4, 0.5) is 5.82 Å². The van der Waals surface area contributed by atoms with Gasteiger partial charge in [-0.2, -0.15) is 0 Å². The number of rotatable bonds is 6. The van der Waals surface area contributed by atoms with Crippen molar-refractivity contribution >= 4 is 17.6 Å². The Morgan fingerprint density at radius 3 is 2.55 bits per heavy atom. The van der Waals surface area contributed by atoms with Gasteiger partial charge in [0.15, 0.2) is 0 Å². The predicted octanol–water partition coefficient (Wildman–Crippen LogP) is 4.57. The monoisotopic (exact) mass is 287 g/mol. The van der Waals surface area contributed by atoms with Gasteiger partial charge in [0.25, 0.3) is 0 Å². The summed E-state index contributed by atoms with van der Waals surface area (Å²) in [6.07, 6.45) is 1.09. The van der Waals surface area contributed by atoms with Crippen molar-refractivity contribution in [3.63, 3.8) is 0 Å². The quantitative estimate of drug-likeness (QED) is 0.790. The SMILES string of the molecule is CCCNc1cc(Sc2ccccc2)nc(C(C)C)n1. The van der Waals surface area contributed by atoms with Gasteiger partial charge in [-0.05, 0) is 18.6 Å². The lowest BCUT2D eigenvalue weighted by atomic mass is 10.2. The van der Waals surface area contributed by atoms with Gasteiger partial charge >= 0.3 is 0 Å². The van der Waals surface area contributed by atoms with Crippen molar-refractivity contribution in [2.24, 2.45) is 0 Å². The van der Waals surface area contributed by atoms with Crippen molar-refractivity contribution in [1.29, 1.82) is 0 Å². The summed E-state index contributed by atoms with van der Waals surface area (Å²) in [5.41, 5.74) is 0. The number of benzene rings is 1. The minimum atomic E-state index is 0.327. The van der Waals surface area contributed by atoms with Crippen LogP contribution in [0.15, 0.2) is 46.3 Å². The summed E-state index contributed by atoms with van der Waals surface area (Å²) in [4.78, 5) is 10.4. The van der Waals surface area contributed by atoms with E-state index in [1.807, 2.05) is 24.3 Å². The maximum Gasteiger partial charge on any atom is 0.134 e. The molecular weight excluding hydrogens is 266 g/mol. The molecule has 1 aromatic heterocycles. The van der Waals surface area contributed by atoms with E-state index in [9.17, 15) is 0 Å². The zero-order valence-corrected chi connectivity index (χ0v) is 13.1. The highest BCUT2D eigenvalue weighted by Crippen LogP contribution is 2.28. The van der Waals surface area contributed by atoms with Gasteiger partial charge in [-0.15, -0.1) is 0 Å². The lowest BCUT2D eigenvalue weighted by Gasteiger charge is -2.11. The van der Waals surface area contributed by atoms with Gasteiger partial charge < -0.3 is 5.32 Å². The van der Waals surface area contributed by atoms with Crippen molar-refractivity contribution in [3.05, 3.63) is 42.2 Å². The third-order valence-corrected chi connectivity index (χ3v) is 3.68. The summed E-state index contributed by atoms with van der Waals surface area (Å²) in [5.74, 6) is 2.14. The molecule has 1 heterocycles. The van der Waals surface area contributed by atoms with Crippen LogP contribution in [-0.2, 0) is 0 Å². The van der Waals surface area contributed by atoms with E-state index in [1.165, 1.54) is 4.90 Å². The number of aromatic nitrogens is 2. The van der Waals surface area contributed by atoms with E-state index in [1.54, 1.807) is 11.8 Å². The van der Waals surface area contributed by atoms with E-state index >= 15 is 0 Å². The van der Waals surface area contributed by atoms with Crippen molar-refractivity contribution in [3.8, 4) is 0 Å². The normalized spacial score (nSPS) is 10.8. The van der Waals surface area contributed by atoms with Gasteiger partial charge in [0.05, 0.1) is 0 Å². The molecule has 0 aliphatic heterocycles. The van der Waals surface area contributed by atoms with Crippen LogP contribution in [0.2, 0.25) is 0 Å². The zero-order valence-electron chi connectivity index (χ0n) is 12.3. The maximum atomic E-state index is 4.65. The van der Waals surface area contributed by atoms with E-state index in [2.05, 4.69) is 48.2 Å². The highest BCUT2D eigenvalue weighted by Gasteiger charge is 2.09. The van der Waals surface area contributed by atoms with Crippen molar-refractivity contribution in [2.75, 3.05) is 11.9 Å². The molecule has 0 spiro atoms. The number of hydrogen-bond donors (Lipinski definition) is 1. The summed E-state index contributed by atoms with van der Waals surface area (Å²) in [6, 6.07) is 12.3. The van der Waals surface area contributed by atoms with E-state index in [0.717, 1.165) is 29.6 Å². The van der Waals surface area contributed by atoms with E-state index in [0.29, 0.717) is 5.92 Å². The number of nitrogens with zero attached hydrogens (tertiary/aromatic N) is 2. The Morgan fingerprint density at radius 1 is 1.15 bits per heavy atom. The number of anilines is 1. The summed E-state index contributed by atoms with van der Waals surface area (Å²) >= 11 is 1.68. The lowest BCUT2D eigenvalue weighted by molar-refractivity contribution is 0.753. The largest absolute Gasteiger partial charge is 0.370 e. The molecule has 20 heavy (non-hydrogen) atoms. The fourth-order valence-electron chi connectivity index (χ4n) is 1.71. The third-order valence-electron chi connectivity index (χ3n) is 2.76. The second-order valence-corrected chi connectivity index (χ2v) is 6.04. The molecule has 2 rings (SSSR count). The molecule has 0 radical (unpaired) electrons. The van der Waals surface area contributed by atoms with E-state index in [4.69, 9.17) is 0 Å². The molecule has 0 unspecified atom stereocenters. The average molecular weight is 287 g/mol. The molecule has 0 fully saturated rings. The second kappa shape index (κ2) is 7.29. The molecule has 4 heteroatoms. The molecule has 0 amide bonds. The summed E-state index contributed by atoms with van der Waals surface area (Å²) < 4.78 is 0. The van der Waals surface area contributed by atoms with Gasteiger partial charge in [0.1, 0.15) is 16.7 Å². The fourth-order valence-corrected chi connectivity index (χ4v) is 2.55. The molecule has 0 saturated heterocycles. The third kappa shape index (κ3) is 4.23. The van der Waals surface area contributed by atoms with Crippen LogP contribution in [-0.4, -0.2) is 16.5 Å². The molecule has 1 N–H and O–H groups in total. The van der Waals surface area contributed by atoms with Crippen molar-refractivity contribution < 1.29 is 0 Å². The van der Waals surface area contributed by atoms with Gasteiger partial charge in [0.2, 0.25) is 0 Å². The standard InChI is InChI=1S/C16H21N3S/c1-4-10-17-14-11-15(19-16(18-14)12(2)3)20-13-8-6-5-7-9-13/h5-9,11-12H,4,10H2,1-3H3,(H,17,18,19). The van der Waals surface area contributed by atoms with Crippen LogP contribution in [0.5, 0.6) is 0 Å². The first-order chi connectivity index (χ1) is 9.69. The average Bonchev–Trinajstić information content (AvgIpc) is 2.46. The van der Waals surface area contributed by atoms with Gasteiger partial charge in [-0.25, -0.2) is 9.97 Å². The summed E-state index contributed by atoms with van der Waals surface area (Å²) in [6.45, 7) is 7.33. The molecule has 2 aromatic rings. The molecule has 1 aromatic carbocycles. The van der Waals surface area contributed by atoms with Gasteiger partial charge in [0, 0.05) is 23.4 Å². The molecule has 0 atom stereocenters. The van der Waals surface area contributed by atoms with Crippen LogP contribution in [0.25, 0.3) is 0 Å². The molecule has 0 bridgehead atoms. The molecule has 0 aliphatic carbocycles. The van der Waals surface area contributed by atoms with Crippen LogP contribution in [0.3, 0.4) is 0 Å². The van der Waals surface area contributed by atoms with Crippen LogP contribution in [0, 0.1) is 0 Å². The lowest BCUT2D eigenvalue weighted by Crippen LogP contribution is -2.06. The maximum absolute atomic E-state index is 4.65. The van der Waals surface area contributed by atoms with E-state index < -0.39 is 0 Å². The number of hydrogen-bond acceptors (Lipinski definition) is 4. The van der Waals surface area contributed by atoms with Crippen molar-refractivity contribution in [1.82, 2.24) is 9.97 Å². The van der Waals surface area contributed by atoms with Gasteiger partial charge in [-0.1, -0.05) is 50.7 Å². The Labute approximate surface area is 125 Å². The molecular formula is C16H21N3S. The highest BCUT2D eigenvalue weighted by molar-refractivity contribution is 7.99. The first kappa shape index (κ1) is 14.9. The van der Waals surface area contributed by atoms with Crippen LogP contribution >= 0.6 is 11.8 Å². The van der Waals surface area contributed by atoms with Crippen LogP contribution in [0.1, 0.15) is 38.9 Å². The Kier molecular flexibility index (Phi) is 5.41. The smallest absolute Gasteiger partial charge is 0.134 e. The van der Waals surface area contributed by atoms with Gasteiger partial charge in [-0.3, -0.25) is 0 Å². The summed E-state index contributed by atoms with van der Waals surface area (Å²) in [7, 11) is 0. The predicted molar refractivity (Wildman–Crippen MR) is 85.5 cm³/mol. The second-order valence-electron chi connectivity index (χ2n) is 4.95. The van der Waals surface area contributed by atoms with Crippen molar-refractivity contribution in [2.45, 2.75) is 43.0 Å². The Hall–Kier alpha value is -1.55. The first-order valence-electron chi connectivity index (χ1n) is 7.04. The molecule has 3 nitrogen and oxygen atoms in total. The highest BCUT2D eigenvalue weighted by atomic mass is 32.2. The Morgan fingerprint density at radius 2 is 1.90 bits per heavy atom.